The van der Waals surface area contributed by atoms with Crippen molar-refractivity contribution in [1.82, 2.24) is 9.88 Å². The minimum absolute atomic E-state index is 0.146. The van der Waals surface area contributed by atoms with E-state index in [0.717, 1.165) is 29.4 Å². The Hall–Kier alpha value is -2.10. The Morgan fingerprint density at radius 1 is 1.39 bits per heavy atom. The highest BCUT2D eigenvalue weighted by Gasteiger charge is 2.38. The zero-order valence-electron chi connectivity index (χ0n) is 13.3. The zero-order chi connectivity index (χ0) is 16.0. The van der Waals surface area contributed by atoms with Gasteiger partial charge >= 0.3 is 0 Å². The predicted molar refractivity (Wildman–Crippen MR) is 88.5 cm³/mol. The maximum absolute atomic E-state index is 13.5. The van der Waals surface area contributed by atoms with Gasteiger partial charge in [0.05, 0.1) is 12.5 Å². The molecule has 2 bridgehead atoms. The van der Waals surface area contributed by atoms with Gasteiger partial charge in [-0.15, -0.1) is 0 Å². The molecule has 3 nitrogen and oxygen atoms in total. The lowest BCUT2D eigenvalue weighted by Crippen LogP contribution is -2.53. The number of aromatic nitrogens is 1. The fourth-order valence-electron chi connectivity index (χ4n) is 4.14. The fourth-order valence-corrected chi connectivity index (χ4v) is 4.14. The van der Waals surface area contributed by atoms with E-state index in [2.05, 4.69) is 24.1 Å². The molecule has 1 N–H and O–H groups in total. The molecule has 1 amide bonds. The molecule has 1 fully saturated rings. The molecule has 2 aliphatic heterocycles. The molecule has 0 spiro atoms. The van der Waals surface area contributed by atoms with E-state index in [1.807, 2.05) is 11.1 Å². The van der Waals surface area contributed by atoms with Crippen molar-refractivity contribution in [1.29, 1.82) is 0 Å². The Morgan fingerprint density at radius 3 is 3.04 bits per heavy atom. The molecule has 3 heterocycles. The van der Waals surface area contributed by atoms with Crippen molar-refractivity contribution < 1.29 is 9.18 Å². The second-order valence-corrected chi connectivity index (χ2v) is 6.77. The lowest BCUT2D eigenvalue weighted by Gasteiger charge is -2.46. The summed E-state index contributed by atoms with van der Waals surface area (Å²) < 4.78 is 13.5. The smallest absolute Gasteiger partial charge is 0.227 e. The van der Waals surface area contributed by atoms with E-state index in [9.17, 15) is 9.18 Å². The van der Waals surface area contributed by atoms with E-state index in [0.29, 0.717) is 18.3 Å². The van der Waals surface area contributed by atoms with E-state index in [1.165, 1.54) is 18.6 Å². The molecule has 0 radical (unpaired) electrons. The van der Waals surface area contributed by atoms with E-state index < -0.39 is 0 Å². The number of piperidine rings is 1. The summed E-state index contributed by atoms with van der Waals surface area (Å²) >= 11 is 0. The zero-order valence-corrected chi connectivity index (χ0v) is 13.3. The van der Waals surface area contributed by atoms with Crippen LogP contribution in [0.1, 0.15) is 25.3 Å². The van der Waals surface area contributed by atoms with Gasteiger partial charge in [-0.05, 0) is 42.0 Å². The number of amides is 1. The quantitative estimate of drug-likeness (QED) is 0.863. The minimum atomic E-state index is -0.267. The largest absolute Gasteiger partial charge is 0.361 e. The van der Waals surface area contributed by atoms with Crippen LogP contribution in [0.2, 0.25) is 0 Å². The van der Waals surface area contributed by atoms with E-state index >= 15 is 0 Å². The molecule has 120 valence electrons. The van der Waals surface area contributed by atoms with Gasteiger partial charge in [0, 0.05) is 23.6 Å². The van der Waals surface area contributed by atoms with Gasteiger partial charge in [0.1, 0.15) is 5.82 Å². The maximum Gasteiger partial charge on any atom is 0.227 e. The van der Waals surface area contributed by atoms with Crippen molar-refractivity contribution >= 4 is 16.8 Å². The number of carbonyl (C=O) groups excluding carboxylic acids is 1. The molecule has 3 atom stereocenters. The molecule has 5 rings (SSSR count). The molecule has 0 saturated carbocycles. The summed E-state index contributed by atoms with van der Waals surface area (Å²) in [7, 11) is 0. The van der Waals surface area contributed by atoms with Gasteiger partial charge in [-0.2, -0.15) is 0 Å². The summed E-state index contributed by atoms with van der Waals surface area (Å²) in [5.74, 6) is 0.946. The topological polar surface area (TPSA) is 36.1 Å². The van der Waals surface area contributed by atoms with Crippen molar-refractivity contribution in [3.05, 3.63) is 47.9 Å². The molecule has 1 saturated heterocycles. The van der Waals surface area contributed by atoms with Crippen LogP contribution in [0.4, 0.5) is 4.39 Å². The molecule has 4 heteroatoms. The highest BCUT2D eigenvalue weighted by molar-refractivity contribution is 5.89. The predicted octanol–water partition coefficient (Wildman–Crippen LogP) is 3.66. The van der Waals surface area contributed by atoms with Gasteiger partial charge in [0.2, 0.25) is 5.91 Å². The molecule has 1 aromatic heterocycles. The standard InChI is InChI=1S/C19H21FN2O/c1-2-13-7-12-3-6-18(13)22(11-12)19(23)8-14-10-21-17-5-4-15(20)9-16(14)17/h3-6,9-10,12-13,18,21H,2,7-8,11H2,1H3. The number of nitrogens with one attached hydrogen (secondary N) is 1. The number of hydrogen-bond acceptors (Lipinski definition) is 1. The van der Waals surface area contributed by atoms with Gasteiger partial charge < -0.3 is 9.88 Å². The first-order chi connectivity index (χ1) is 11.2. The SMILES string of the molecule is CCC1CC2C=CC1N(C(=O)Cc1c[nH]c3ccc(F)cc13)C2. The first-order valence-corrected chi connectivity index (χ1v) is 8.39. The number of halogens is 1. The van der Waals surface area contributed by atoms with Crippen molar-refractivity contribution in [3.63, 3.8) is 0 Å². The van der Waals surface area contributed by atoms with Crippen molar-refractivity contribution in [3.8, 4) is 0 Å². The number of H-pyrrole nitrogens is 1. The van der Waals surface area contributed by atoms with E-state index in [-0.39, 0.29) is 17.8 Å². The summed E-state index contributed by atoms with van der Waals surface area (Å²) in [4.78, 5) is 18.0. The second-order valence-electron chi connectivity index (χ2n) is 6.77. The summed E-state index contributed by atoms with van der Waals surface area (Å²) in [5.41, 5.74) is 1.75. The van der Waals surface area contributed by atoms with E-state index in [4.69, 9.17) is 0 Å². The number of benzene rings is 1. The fraction of sp³-hybridized carbons (Fsp3) is 0.421. The summed E-state index contributed by atoms with van der Waals surface area (Å²) in [6.45, 7) is 3.03. The molecule has 1 aromatic carbocycles. The number of rotatable bonds is 3. The molecule has 3 unspecified atom stereocenters. The first-order valence-electron chi connectivity index (χ1n) is 8.39. The Kier molecular flexibility index (Phi) is 3.47. The monoisotopic (exact) mass is 312 g/mol. The second kappa shape index (κ2) is 5.52. The van der Waals surface area contributed by atoms with Gasteiger partial charge in [-0.3, -0.25) is 4.79 Å². The highest BCUT2D eigenvalue weighted by Crippen LogP contribution is 2.36. The van der Waals surface area contributed by atoms with Crippen molar-refractivity contribution in [2.75, 3.05) is 6.54 Å². The average molecular weight is 312 g/mol. The Balaban J connectivity index is 1.58. The van der Waals surface area contributed by atoms with Crippen LogP contribution in [-0.4, -0.2) is 28.4 Å². The maximum atomic E-state index is 13.5. The molecule has 3 aliphatic rings. The van der Waals surface area contributed by atoms with Gasteiger partial charge in [0.15, 0.2) is 0 Å². The molecule has 23 heavy (non-hydrogen) atoms. The average Bonchev–Trinajstić information content (AvgIpc) is 2.97. The van der Waals surface area contributed by atoms with Gasteiger partial charge in [0.25, 0.3) is 0 Å². The van der Waals surface area contributed by atoms with Crippen LogP contribution >= 0.6 is 0 Å². The van der Waals surface area contributed by atoms with Crippen LogP contribution in [0.5, 0.6) is 0 Å². The highest BCUT2D eigenvalue weighted by atomic mass is 19.1. The summed E-state index contributed by atoms with van der Waals surface area (Å²) in [6.07, 6.45) is 8.93. The van der Waals surface area contributed by atoms with Crippen LogP contribution in [-0.2, 0) is 11.2 Å². The lowest BCUT2D eigenvalue weighted by molar-refractivity contribution is -0.135. The van der Waals surface area contributed by atoms with Crippen LogP contribution < -0.4 is 0 Å². The number of aromatic amines is 1. The normalized spacial score (nSPS) is 26.2. The Morgan fingerprint density at radius 2 is 2.26 bits per heavy atom. The number of fused-ring (bicyclic) bond motifs is 3. The van der Waals surface area contributed by atoms with Crippen molar-refractivity contribution in [2.45, 2.75) is 32.2 Å². The van der Waals surface area contributed by atoms with Crippen molar-refractivity contribution in [2.24, 2.45) is 11.8 Å². The first kappa shape index (κ1) is 14.5. The van der Waals surface area contributed by atoms with Gasteiger partial charge in [-0.1, -0.05) is 25.5 Å². The molecule has 2 aromatic rings. The minimum Gasteiger partial charge on any atom is -0.361 e. The third kappa shape index (κ3) is 2.46. The molecular weight excluding hydrogens is 291 g/mol. The van der Waals surface area contributed by atoms with Gasteiger partial charge in [-0.25, -0.2) is 4.39 Å². The van der Waals surface area contributed by atoms with Crippen LogP contribution in [0, 0.1) is 17.7 Å². The van der Waals surface area contributed by atoms with Crippen LogP contribution in [0.15, 0.2) is 36.5 Å². The number of hydrogen-bond donors (Lipinski definition) is 1. The van der Waals surface area contributed by atoms with Crippen LogP contribution in [0.3, 0.4) is 0 Å². The number of nitrogens with zero attached hydrogens (tertiary/aromatic N) is 1. The Labute approximate surface area is 135 Å². The lowest BCUT2D eigenvalue weighted by atomic mass is 9.76. The number of carbonyl (C=O) groups is 1. The molecular formula is C19H21FN2O. The third-order valence-electron chi connectivity index (χ3n) is 5.38. The molecule has 1 aliphatic carbocycles. The summed E-state index contributed by atoms with van der Waals surface area (Å²) in [5, 5.41) is 0.808. The third-order valence-corrected chi connectivity index (χ3v) is 5.38. The summed E-state index contributed by atoms with van der Waals surface area (Å²) in [6, 6.07) is 4.90. The van der Waals surface area contributed by atoms with Crippen LogP contribution in [0.25, 0.3) is 10.9 Å². The Bertz CT molecular complexity index is 779. The van der Waals surface area contributed by atoms with E-state index in [1.54, 1.807) is 6.07 Å².